The Hall–Kier alpha value is -3.26. The zero-order chi connectivity index (χ0) is 27.3. The second kappa shape index (κ2) is 15.2. The fourth-order valence-corrected chi connectivity index (χ4v) is 4.29. The number of nitrogens with zero attached hydrogens (tertiary/aromatic N) is 3. The summed E-state index contributed by atoms with van der Waals surface area (Å²) in [5.74, 6) is 0.144. The molecule has 0 saturated heterocycles. The van der Waals surface area contributed by atoms with E-state index in [9.17, 15) is 9.90 Å². The molecule has 0 unspecified atom stereocenters. The molecule has 0 aliphatic heterocycles. The van der Waals surface area contributed by atoms with Gasteiger partial charge in [0.05, 0.1) is 11.9 Å². The number of halogens is 2. The van der Waals surface area contributed by atoms with Gasteiger partial charge in [-0.15, -0.1) is 23.2 Å². The molecular weight excluding hydrogens is 521 g/mol. The molecule has 202 valence electrons. The van der Waals surface area contributed by atoms with Crippen molar-refractivity contribution >= 4 is 52.4 Å². The van der Waals surface area contributed by atoms with Gasteiger partial charge in [0.2, 0.25) is 0 Å². The Balaban J connectivity index is 1.51. The van der Waals surface area contributed by atoms with E-state index in [1.165, 1.54) is 0 Å². The van der Waals surface area contributed by atoms with E-state index in [0.29, 0.717) is 37.8 Å². The molecule has 0 amide bonds. The van der Waals surface area contributed by atoms with Gasteiger partial charge in [-0.25, -0.2) is 0 Å². The van der Waals surface area contributed by atoms with Crippen LogP contribution in [0.2, 0.25) is 0 Å². The van der Waals surface area contributed by atoms with Gasteiger partial charge in [0.1, 0.15) is 6.04 Å². The van der Waals surface area contributed by atoms with Gasteiger partial charge in [0.15, 0.2) is 0 Å². The maximum atomic E-state index is 11.9. The molecule has 1 atom stereocenters. The second-order valence-corrected chi connectivity index (χ2v) is 9.82. The summed E-state index contributed by atoms with van der Waals surface area (Å²) >= 11 is 11.8. The molecule has 3 rings (SSSR count). The number of carboxylic acid groups (broad SMARTS) is 1. The highest BCUT2D eigenvalue weighted by Gasteiger charge is 2.17. The van der Waals surface area contributed by atoms with Gasteiger partial charge in [0, 0.05) is 56.9 Å². The van der Waals surface area contributed by atoms with E-state index >= 15 is 0 Å². The number of carbonyl (C=O) groups is 1. The van der Waals surface area contributed by atoms with Crippen LogP contribution in [-0.4, -0.2) is 62.3 Å². The molecule has 3 aromatic carbocycles. The van der Waals surface area contributed by atoms with Crippen molar-refractivity contribution in [3.05, 3.63) is 89.5 Å². The van der Waals surface area contributed by atoms with Crippen molar-refractivity contribution < 1.29 is 9.90 Å². The lowest BCUT2D eigenvalue weighted by Crippen LogP contribution is -2.38. The van der Waals surface area contributed by atoms with Crippen LogP contribution in [0.5, 0.6) is 0 Å². The number of hydrogen-bond donors (Lipinski definition) is 3. The Bertz CT molecular complexity index is 1150. The maximum Gasteiger partial charge on any atom is 0.321 e. The Morgan fingerprint density at radius 1 is 0.895 bits per heavy atom. The number of nitrogens with one attached hydrogen (secondary N) is 2. The molecule has 0 heterocycles. The zero-order valence-corrected chi connectivity index (χ0v) is 23.3. The molecule has 9 heteroatoms. The fraction of sp³-hybridized carbons (Fsp3) is 0.310. The number of carboxylic acids is 1. The normalized spacial score (nSPS) is 11.9. The van der Waals surface area contributed by atoms with E-state index in [1.54, 1.807) is 6.21 Å². The van der Waals surface area contributed by atoms with E-state index in [4.69, 9.17) is 23.2 Å². The molecule has 3 N–H and O–H groups in total. The van der Waals surface area contributed by atoms with E-state index in [2.05, 4.69) is 20.7 Å². The minimum atomic E-state index is -0.883. The standard InChI is InChI=1S/C29H35Cl2N5O2/c1-35(2)26-11-7-24(8-12-26)21-33-34-25-9-3-23(4-10-25)20-32-28(29(37)38)19-22-5-13-27(14-6-22)36(17-15-30)18-16-31/h3-14,21,28,32,34H,15-20H2,1-2H3,(H,37,38)/b33-21-/t28-/m0/s1. The van der Waals surface area contributed by atoms with Gasteiger partial charge in [-0.1, -0.05) is 36.4 Å². The van der Waals surface area contributed by atoms with Gasteiger partial charge >= 0.3 is 5.97 Å². The molecular formula is C29H35Cl2N5O2. The summed E-state index contributed by atoms with van der Waals surface area (Å²) in [7, 11) is 4.01. The summed E-state index contributed by atoms with van der Waals surface area (Å²) in [6.07, 6.45) is 2.15. The average molecular weight is 557 g/mol. The Labute approximate surface area is 235 Å². The quantitative estimate of drug-likeness (QED) is 0.135. The molecule has 0 aliphatic carbocycles. The number of anilines is 3. The third-order valence-corrected chi connectivity index (χ3v) is 6.41. The number of hydrazone groups is 1. The SMILES string of the molecule is CN(C)c1ccc(/C=N\Nc2ccc(CN[C@@H](Cc3ccc(N(CCCl)CCCl)cc3)C(=O)O)cc2)cc1. The number of hydrogen-bond acceptors (Lipinski definition) is 6. The van der Waals surface area contributed by atoms with E-state index in [0.717, 1.165) is 33.8 Å². The van der Waals surface area contributed by atoms with Crippen molar-refractivity contribution in [2.24, 2.45) is 5.10 Å². The van der Waals surface area contributed by atoms with Crippen LogP contribution in [0.15, 0.2) is 77.9 Å². The van der Waals surface area contributed by atoms with Crippen molar-refractivity contribution in [2.45, 2.75) is 19.0 Å². The lowest BCUT2D eigenvalue weighted by Gasteiger charge is -2.23. The largest absolute Gasteiger partial charge is 0.480 e. The molecule has 38 heavy (non-hydrogen) atoms. The van der Waals surface area contributed by atoms with Crippen molar-refractivity contribution in [1.82, 2.24) is 5.32 Å². The molecule has 0 radical (unpaired) electrons. The van der Waals surface area contributed by atoms with E-state index in [-0.39, 0.29) is 0 Å². The van der Waals surface area contributed by atoms with E-state index in [1.807, 2.05) is 91.8 Å². The van der Waals surface area contributed by atoms with Crippen molar-refractivity contribution in [3.63, 3.8) is 0 Å². The maximum absolute atomic E-state index is 11.9. The lowest BCUT2D eigenvalue weighted by atomic mass is 10.0. The van der Waals surface area contributed by atoms with Gasteiger partial charge in [-0.3, -0.25) is 10.2 Å². The first-order valence-corrected chi connectivity index (χ1v) is 13.5. The summed E-state index contributed by atoms with van der Waals surface area (Å²) in [6.45, 7) is 1.85. The Kier molecular flexibility index (Phi) is 11.7. The first-order chi connectivity index (χ1) is 18.4. The summed E-state index contributed by atoms with van der Waals surface area (Å²) in [6, 6.07) is 23.0. The van der Waals surface area contributed by atoms with Crippen LogP contribution in [0.3, 0.4) is 0 Å². The third kappa shape index (κ3) is 9.24. The van der Waals surface area contributed by atoms with Gasteiger partial charge < -0.3 is 20.2 Å². The second-order valence-electron chi connectivity index (χ2n) is 9.06. The number of rotatable bonds is 15. The Morgan fingerprint density at radius 2 is 1.47 bits per heavy atom. The predicted octanol–water partition coefficient (Wildman–Crippen LogP) is 5.27. The summed E-state index contributed by atoms with van der Waals surface area (Å²) in [5.41, 5.74) is 8.96. The first kappa shape index (κ1) is 29.3. The third-order valence-electron chi connectivity index (χ3n) is 6.07. The van der Waals surface area contributed by atoms with Crippen LogP contribution in [0.4, 0.5) is 17.1 Å². The Morgan fingerprint density at radius 3 is 2.03 bits per heavy atom. The fourth-order valence-electron chi connectivity index (χ4n) is 3.88. The first-order valence-electron chi connectivity index (χ1n) is 12.5. The monoisotopic (exact) mass is 555 g/mol. The number of aliphatic carboxylic acids is 1. The highest BCUT2D eigenvalue weighted by atomic mass is 35.5. The molecule has 7 nitrogen and oxygen atoms in total. The van der Waals surface area contributed by atoms with Crippen LogP contribution >= 0.6 is 23.2 Å². The zero-order valence-electron chi connectivity index (χ0n) is 21.8. The number of alkyl halides is 2. The molecule has 0 bridgehead atoms. The van der Waals surface area contributed by atoms with Gasteiger partial charge in [0.25, 0.3) is 0 Å². The van der Waals surface area contributed by atoms with Crippen molar-refractivity contribution in [3.8, 4) is 0 Å². The molecule has 3 aromatic rings. The van der Waals surface area contributed by atoms with Crippen LogP contribution in [0.25, 0.3) is 0 Å². The van der Waals surface area contributed by atoms with Gasteiger partial charge in [-0.2, -0.15) is 5.10 Å². The molecule has 0 aromatic heterocycles. The highest BCUT2D eigenvalue weighted by Crippen LogP contribution is 2.17. The van der Waals surface area contributed by atoms with E-state index < -0.39 is 12.0 Å². The summed E-state index contributed by atoms with van der Waals surface area (Å²) < 4.78 is 0. The predicted molar refractivity (Wildman–Crippen MR) is 160 cm³/mol. The minimum absolute atomic E-state index is 0.379. The smallest absolute Gasteiger partial charge is 0.321 e. The highest BCUT2D eigenvalue weighted by molar-refractivity contribution is 6.18. The summed E-state index contributed by atoms with van der Waals surface area (Å²) in [4.78, 5) is 16.0. The average Bonchev–Trinajstić information content (AvgIpc) is 2.92. The van der Waals surface area contributed by atoms with Crippen LogP contribution in [0, 0.1) is 0 Å². The topological polar surface area (TPSA) is 80.2 Å². The molecule has 0 aliphatic rings. The minimum Gasteiger partial charge on any atom is -0.480 e. The van der Waals surface area contributed by atoms with Crippen LogP contribution in [-0.2, 0) is 17.8 Å². The molecule has 0 saturated carbocycles. The molecule has 0 fully saturated rings. The summed E-state index contributed by atoms with van der Waals surface area (Å²) in [5, 5.41) is 17.2. The van der Waals surface area contributed by atoms with Crippen LogP contribution < -0.4 is 20.5 Å². The van der Waals surface area contributed by atoms with Crippen molar-refractivity contribution in [1.29, 1.82) is 0 Å². The van der Waals surface area contributed by atoms with Crippen LogP contribution in [0.1, 0.15) is 16.7 Å². The molecule has 0 spiro atoms. The lowest BCUT2D eigenvalue weighted by molar-refractivity contribution is -0.139. The van der Waals surface area contributed by atoms with Gasteiger partial charge in [-0.05, 0) is 59.5 Å². The van der Waals surface area contributed by atoms with Crippen molar-refractivity contribution in [2.75, 3.05) is 54.2 Å². The number of benzene rings is 3.